The first kappa shape index (κ1) is 12.6. The molecule has 0 heterocycles. The van der Waals surface area contributed by atoms with Crippen LogP contribution >= 0.6 is 15.9 Å². The summed E-state index contributed by atoms with van der Waals surface area (Å²) < 4.78 is 11.6. The Morgan fingerprint density at radius 1 is 0.889 bits per heavy atom. The molecule has 0 bridgehead atoms. The molecule has 0 N–H and O–H groups in total. The highest BCUT2D eigenvalue weighted by molar-refractivity contribution is 9.10. The first-order valence-electron chi connectivity index (χ1n) is 5.35. The topological polar surface area (TPSA) is 35.5 Å². The van der Waals surface area contributed by atoms with Crippen LogP contribution in [0.3, 0.4) is 0 Å². The molecule has 18 heavy (non-hydrogen) atoms. The van der Waals surface area contributed by atoms with Crippen molar-refractivity contribution in [1.82, 2.24) is 0 Å². The molecule has 0 aliphatic heterocycles. The fraction of sp³-hybridized carbons (Fsp3) is 0.0714. The maximum absolute atomic E-state index is 10.8. The lowest BCUT2D eigenvalue weighted by Crippen LogP contribution is -2.00. The summed E-state index contributed by atoms with van der Waals surface area (Å²) in [6.45, 7) is 1.37. The van der Waals surface area contributed by atoms with E-state index in [0.717, 1.165) is 10.2 Å². The first-order chi connectivity index (χ1) is 8.63. The number of hydrogen-bond donors (Lipinski definition) is 0. The van der Waals surface area contributed by atoms with Crippen molar-refractivity contribution in [1.29, 1.82) is 0 Å². The average molecular weight is 307 g/mol. The Morgan fingerprint density at radius 3 is 1.83 bits per heavy atom. The molecule has 0 fully saturated rings. The van der Waals surface area contributed by atoms with Gasteiger partial charge in [-0.3, -0.25) is 4.79 Å². The van der Waals surface area contributed by atoms with Gasteiger partial charge >= 0.3 is 5.97 Å². The minimum atomic E-state index is -0.337. The maximum atomic E-state index is 10.8. The second-order valence-corrected chi connectivity index (χ2v) is 4.54. The zero-order valence-corrected chi connectivity index (χ0v) is 11.3. The van der Waals surface area contributed by atoms with Gasteiger partial charge in [-0.15, -0.1) is 0 Å². The number of esters is 1. The number of ether oxygens (including phenoxy) is 2. The fourth-order valence-corrected chi connectivity index (χ4v) is 1.64. The summed E-state index contributed by atoms with van der Waals surface area (Å²) in [6, 6.07) is 14.4. The lowest BCUT2D eigenvalue weighted by atomic mass is 10.3. The van der Waals surface area contributed by atoms with Crippen LogP contribution in [0.2, 0.25) is 0 Å². The van der Waals surface area contributed by atoms with Gasteiger partial charge in [0.15, 0.2) is 0 Å². The molecule has 0 radical (unpaired) electrons. The molecule has 0 saturated carbocycles. The normalized spacial score (nSPS) is 9.89. The molecule has 0 atom stereocenters. The van der Waals surface area contributed by atoms with Crippen LogP contribution in [0, 0.1) is 0 Å². The summed E-state index contributed by atoms with van der Waals surface area (Å²) in [5, 5.41) is 0. The smallest absolute Gasteiger partial charge is 0.308 e. The lowest BCUT2D eigenvalue weighted by molar-refractivity contribution is -0.131. The monoisotopic (exact) mass is 306 g/mol. The minimum Gasteiger partial charge on any atom is -0.457 e. The van der Waals surface area contributed by atoms with Crippen LogP contribution in [0.15, 0.2) is 53.0 Å². The summed E-state index contributed by atoms with van der Waals surface area (Å²) >= 11 is 3.36. The molecule has 3 nitrogen and oxygen atoms in total. The highest BCUT2D eigenvalue weighted by Crippen LogP contribution is 2.25. The quantitative estimate of drug-likeness (QED) is 0.631. The summed E-state index contributed by atoms with van der Waals surface area (Å²) in [6.07, 6.45) is 0. The van der Waals surface area contributed by atoms with Crippen molar-refractivity contribution in [2.75, 3.05) is 0 Å². The van der Waals surface area contributed by atoms with E-state index in [9.17, 15) is 4.79 Å². The van der Waals surface area contributed by atoms with E-state index in [2.05, 4.69) is 15.9 Å². The van der Waals surface area contributed by atoms with Crippen molar-refractivity contribution in [2.45, 2.75) is 6.92 Å². The second-order valence-electron chi connectivity index (χ2n) is 3.62. The van der Waals surface area contributed by atoms with E-state index >= 15 is 0 Å². The fourth-order valence-electron chi connectivity index (χ4n) is 1.38. The molecule has 2 aromatic carbocycles. The molecular formula is C14H11BrO3. The Bertz CT molecular complexity index is 532. The molecule has 0 aliphatic carbocycles. The Labute approximate surface area is 113 Å². The van der Waals surface area contributed by atoms with E-state index < -0.39 is 0 Å². The van der Waals surface area contributed by atoms with Gasteiger partial charge in [0, 0.05) is 11.4 Å². The lowest BCUT2D eigenvalue weighted by Gasteiger charge is -2.06. The van der Waals surface area contributed by atoms with Crippen LogP contribution < -0.4 is 9.47 Å². The third-order valence-electron chi connectivity index (χ3n) is 2.13. The highest BCUT2D eigenvalue weighted by Gasteiger charge is 2.00. The SMILES string of the molecule is CC(=O)Oc1ccc(Oc2ccc(Br)cc2)cc1. The van der Waals surface area contributed by atoms with Crippen LogP contribution in [-0.2, 0) is 4.79 Å². The number of benzene rings is 2. The van der Waals surface area contributed by atoms with E-state index in [1.54, 1.807) is 24.3 Å². The van der Waals surface area contributed by atoms with Gasteiger partial charge in [-0.1, -0.05) is 15.9 Å². The van der Waals surface area contributed by atoms with Crippen LogP contribution in [0.5, 0.6) is 17.2 Å². The third-order valence-corrected chi connectivity index (χ3v) is 2.66. The van der Waals surface area contributed by atoms with Gasteiger partial charge in [0.25, 0.3) is 0 Å². The van der Waals surface area contributed by atoms with E-state index in [-0.39, 0.29) is 5.97 Å². The number of rotatable bonds is 3. The Morgan fingerprint density at radius 2 is 1.33 bits per heavy atom. The summed E-state index contributed by atoms with van der Waals surface area (Å²) in [7, 11) is 0. The van der Waals surface area contributed by atoms with Crippen molar-refractivity contribution in [3.63, 3.8) is 0 Å². The molecule has 0 unspecified atom stereocenters. The van der Waals surface area contributed by atoms with E-state index in [1.807, 2.05) is 24.3 Å². The van der Waals surface area contributed by atoms with Gasteiger partial charge in [0.1, 0.15) is 17.2 Å². The molecule has 0 amide bonds. The standard InChI is InChI=1S/C14H11BrO3/c1-10(16)17-12-6-8-14(9-7-12)18-13-4-2-11(15)3-5-13/h2-9H,1H3. The van der Waals surface area contributed by atoms with Crippen molar-refractivity contribution < 1.29 is 14.3 Å². The molecule has 0 spiro atoms. The molecule has 0 aliphatic rings. The highest BCUT2D eigenvalue weighted by atomic mass is 79.9. The second kappa shape index (κ2) is 5.69. The van der Waals surface area contributed by atoms with Crippen LogP contribution in [0.1, 0.15) is 6.92 Å². The zero-order chi connectivity index (χ0) is 13.0. The van der Waals surface area contributed by atoms with E-state index in [4.69, 9.17) is 9.47 Å². The number of hydrogen-bond acceptors (Lipinski definition) is 3. The Balaban J connectivity index is 2.06. The van der Waals surface area contributed by atoms with Gasteiger partial charge in [0.2, 0.25) is 0 Å². The van der Waals surface area contributed by atoms with Gasteiger partial charge in [-0.2, -0.15) is 0 Å². The van der Waals surface area contributed by atoms with Gasteiger partial charge < -0.3 is 9.47 Å². The van der Waals surface area contributed by atoms with Crippen molar-refractivity contribution >= 4 is 21.9 Å². The molecule has 2 rings (SSSR count). The van der Waals surface area contributed by atoms with Gasteiger partial charge in [-0.05, 0) is 48.5 Å². The molecule has 4 heteroatoms. The molecule has 0 saturated heterocycles. The van der Waals surface area contributed by atoms with Crippen LogP contribution in [-0.4, -0.2) is 5.97 Å². The van der Waals surface area contributed by atoms with Crippen molar-refractivity contribution in [2.24, 2.45) is 0 Å². The van der Waals surface area contributed by atoms with Gasteiger partial charge in [-0.25, -0.2) is 0 Å². The number of halogens is 1. The summed E-state index contributed by atoms with van der Waals surface area (Å²) in [5.41, 5.74) is 0. The van der Waals surface area contributed by atoms with Crippen LogP contribution in [0.4, 0.5) is 0 Å². The predicted molar refractivity (Wildman–Crippen MR) is 72.0 cm³/mol. The minimum absolute atomic E-state index is 0.337. The maximum Gasteiger partial charge on any atom is 0.308 e. The van der Waals surface area contributed by atoms with E-state index in [0.29, 0.717) is 11.5 Å². The van der Waals surface area contributed by atoms with Crippen LogP contribution in [0.25, 0.3) is 0 Å². The third kappa shape index (κ3) is 3.60. The van der Waals surface area contributed by atoms with Gasteiger partial charge in [0.05, 0.1) is 0 Å². The van der Waals surface area contributed by atoms with Crippen molar-refractivity contribution in [3.05, 3.63) is 53.0 Å². The number of carbonyl (C=O) groups is 1. The summed E-state index contributed by atoms with van der Waals surface area (Å²) in [5.74, 6) is 1.61. The molecule has 2 aromatic rings. The molecule has 0 aromatic heterocycles. The first-order valence-corrected chi connectivity index (χ1v) is 6.15. The Hall–Kier alpha value is -1.81. The summed E-state index contributed by atoms with van der Waals surface area (Å²) in [4.78, 5) is 10.8. The van der Waals surface area contributed by atoms with E-state index in [1.165, 1.54) is 6.92 Å². The molecule has 92 valence electrons. The zero-order valence-electron chi connectivity index (χ0n) is 9.72. The Kier molecular flexibility index (Phi) is 3.99. The largest absolute Gasteiger partial charge is 0.457 e. The number of carbonyl (C=O) groups excluding carboxylic acids is 1. The average Bonchev–Trinajstić information content (AvgIpc) is 2.34. The molecular weight excluding hydrogens is 296 g/mol. The van der Waals surface area contributed by atoms with Crippen molar-refractivity contribution in [3.8, 4) is 17.2 Å². The predicted octanol–water partition coefficient (Wildman–Crippen LogP) is 4.17.